The summed E-state index contributed by atoms with van der Waals surface area (Å²) in [7, 11) is 0. The minimum atomic E-state index is -0.844. The monoisotopic (exact) mass is 215 g/mol. The van der Waals surface area contributed by atoms with Gasteiger partial charge in [-0.3, -0.25) is 0 Å². The lowest BCUT2D eigenvalue weighted by Gasteiger charge is -2.14. The first kappa shape index (κ1) is 11.9. The van der Waals surface area contributed by atoms with Crippen molar-refractivity contribution in [3.8, 4) is 0 Å². The average Bonchev–Trinajstić information content (AvgIpc) is 2.20. The molecule has 0 saturated heterocycles. The Morgan fingerprint density at radius 3 is 2.67 bits per heavy atom. The zero-order valence-corrected chi connectivity index (χ0v) is 8.89. The van der Waals surface area contributed by atoms with E-state index < -0.39 is 11.6 Å². The highest BCUT2D eigenvalue weighted by Gasteiger charge is 2.05. The fraction of sp³-hybridized carbons (Fsp3) is 0.455. The van der Waals surface area contributed by atoms with Gasteiger partial charge in [-0.15, -0.1) is 0 Å². The maximum absolute atomic E-state index is 12.8. The summed E-state index contributed by atoms with van der Waals surface area (Å²) in [5, 5.41) is 3.01. The Bertz CT molecular complexity index is 317. The van der Waals surface area contributed by atoms with Gasteiger partial charge in [-0.2, -0.15) is 0 Å². The van der Waals surface area contributed by atoms with E-state index in [0.29, 0.717) is 18.9 Å². The summed E-state index contributed by atoms with van der Waals surface area (Å²) in [5.41, 5.74) is 0.557. The molecule has 4 heteroatoms. The molecule has 0 heterocycles. The van der Waals surface area contributed by atoms with Crippen LogP contribution >= 0.6 is 0 Å². The van der Waals surface area contributed by atoms with E-state index in [1.54, 1.807) is 0 Å². The zero-order chi connectivity index (χ0) is 11.3. The van der Waals surface area contributed by atoms with Crippen molar-refractivity contribution in [3.05, 3.63) is 29.8 Å². The molecule has 0 fully saturated rings. The lowest BCUT2D eigenvalue weighted by molar-refractivity contribution is 0.141. The van der Waals surface area contributed by atoms with Gasteiger partial charge in [0.15, 0.2) is 11.6 Å². The number of ether oxygens (including phenoxy) is 1. The van der Waals surface area contributed by atoms with Crippen molar-refractivity contribution in [2.24, 2.45) is 0 Å². The van der Waals surface area contributed by atoms with Crippen LogP contribution in [0.15, 0.2) is 18.2 Å². The molecule has 0 aliphatic carbocycles. The van der Waals surface area contributed by atoms with Gasteiger partial charge < -0.3 is 10.1 Å². The number of nitrogens with one attached hydrogen (secondary N) is 1. The Balaban J connectivity index is 2.53. The molecule has 15 heavy (non-hydrogen) atoms. The Kier molecular flexibility index (Phi) is 4.49. The molecule has 0 aliphatic heterocycles. The van der Waals surface area contributed by atoms with Crippen molar-refractivity contribution in [2.45, 2.75) is 19.9 Å². The molecule has 0 bridgehead atoms. The average molecular weight is 215 g/mol. The molecule has 2 nitrogen and oxygen atoms in total. The summed E-state index contributed by atoms with van der Waals surface area (Å²) in [6.07, 6.45) is 0. The van der Waals surface area contributed by atoms with Gasteiger partial charge in [0.1, 0.15) is 0 Å². The third-order valence-corrected chi connectivity index (χ3v) is 1.90. The first-order valence-electron chi connectivity index (χ1n) is 4.92. The van der Waals surface area contributed by atoms with E-state index in [1.165, 1.54) is 6.07 Å². The zero-order valence-electron chi connectivity index (χ0n) is 8.89. The van der Waals surface area contributed by atoms with E-state index in [4.69, 9.17) is 4.74 Å². The van der Waals surface area contributed by atoms with Gasteiger partial charge in [0.05, 0.1) is 6.61 Å². The fourth-order valence-electron chi connectivity index (χ4n) is 1.21. The van der Waals surface area contributed by atoms with Crippen LogP contribution in [0.1, 0.15) is 13.8 Å². The third-order valence-electron chi connectivity index (χ3n) is 1.90. The molecule has 0 spiro atoms. The molecule has 84 valence electrons. The van der Waals surface area contributed by atoms with E-state index in [2.05, 4.69) is 5.32 Å². The maximum Gasteiger partial charge on any atom is 0.160 e. The number of rotatable bonds is 5. The van der Waals surface area contributed by atoms with Gasteiger partial charge in [-0.1, -0.05) is 0 Å². The largest absolute Gasteiger partial charge is 0.380 e. The van der Waals surface area contributed by atoms with E-state index >= 15 is 0 Å². The van der Waals surface area contributed by atoms with Crippen molar-refractivity contribution in [2.75, 3.05) is 18.5 Å². The van der Waals surface area contributed by atoms with Crippen LogP contribution in [0.5, 0.6) is 0 Å². The van der Waals surface area contributed by atoms with Crippen LogP contribution < -0.4 is 5.32 Å². The summed E-state index contributed by atoms with van der Waals surface area (Å²) >= 11 is 0. The quantitative estimate of drug-likeness (QED) is 0.815. The fourth-order valence-corrected chi connectivity index (χ4v) is 1.21. The topological polar surface area (TPSA) is 21.3 Å². The Morgan fingerprint density at radius 2 is 2.07 bits per heavy atom. The summed E-state index contributed by atoms with van der Waals surface area (Å²) in [5.74, 6) is -1.68. The molecule has 0 aromatic heterocycles. The summed E-state index contributed by atoms with van der Waals surface area (Å²) in [4.78, 5) is 0. The second-order valence-corrected chi connectivity index (χ2v) is 3.33. The van der Waals surface area contributed by atoms with E-state index in [0.717, 1.165) is 12.1 Å². The number of halogens is 2. The number of anilines is 1. The highest BCUT2D eigenvalue weighted by atomic mass is 19.2. The lowest BCUT2D eigenvalue weighted by Crippen LogP contribution is -2.21. The molecule has 1 aromatic carbocycles. The third kappa shape index (κ3) is 3.83. The van der Waals surface area contributed by atoms with Crippen molar-refractivity contribution >= 4 is 5.69 Å². The first-order valence-corrected chi connectivity index (χ1v) is 4.92. The molecule has 1 rings (SSSR count). The SMILES string of the molecule is CCOCC(C)Nc1ccc(F)c(F)c1. The molecule has 1 N–H and O–H groups in total. The van der Waals surface area contributed by atoms with Crippen molar-refractivity contribution in [1.82, 2.24) is 0 Å². The normalized spacial score (nSPS) is 12.5. The molecule has 1 unspecified atom stereocenters. The van der Waals surface area contributed by atoms with Crippen LogP contribution in [0, 0.1) is 11.6 Å². The number of hydrogen-bond acceptors (Lipinski definition) is 2. The molecular weight excluding hydrogens is 200 g/mol. The van der Waals surface area contributed by atoms with Gasteiger partial charge in [0.25, 0.3) is 0 Å². The van der Waals surface area contributed by atoms with Gasteiger partial charge in [-0.05, 0) is 26.0 Å². The van der Waals surface area contributed by atoms with Crippen molar-refractivity contribution < 1.29 is 13.5 Å². The Morgan fingerprint density at radius 1 is 1.33 bits per heavy atom. The van der Waals surface area contributed by atoms with Crippen LogP contribution in [-0.2, 0) is 4.74 Å². The van der Waals surface area contributed by atoms with Crippen LogP contribution in [0.2, 0.25) is 0 Å². The van der Waals surface area contributed by atoms with Gasteiger partial charge >= 0.3 is 0 Å². The smallest absolute Gasteiger partial charge is 0.160 e. The van der Waals surface area contributed by atoms with Gasteiger partial charge in [0.2, 0.25) is 0 Å². The van der Waals surface area contributed by atoms with E-state index in [1.807, 2.05) is 13.8 Å². The molecule has 0 radical (unpaired) electrons. The highest BCUT2D eigenvalue weighted by molar-refractivity contribution is 5.44. The minimum absolute atomic E-state index is 0.0646. The van der Waals surface area contributed by atoms with Crippen LogP contribution in [-0.4, -0.2) is 19.3 Å². The second kappa shape index (κ2) is 5.66. The van der Waals surface area contributed by atoms with E-state index in [9.17, 15) is 8.78 Å². The first-order chi connectivity index (χ1) is 7.13. The molecule has 0 saturated carbocycles. The molecule has 1 atom stereocenters. The molecule has 0 amide bonds. The highest BCUT2D eigenvalue weighted by Crippen LogP contribution is 2.13. The number of hydrogen-bond donors (Lipinski definition) is 1. The molecular formula is C11H15F2NO. The summed E-state index contributed by atoms with van der Waals surface area (Å²) in [6, 6.07) is 3.80. The molecule has 1 aromatic rings. The molecule has 0 aliphatic rings. The van der Waals surface area contributed by atoms with Crippen LogP contribution in [0.3, 0.4) is 0 Å². The van der Waals surface area contributed by atoms with Gasteiger partial charge in [-0.25, -0.2) is 8.78 Å². The predicted molar refractivity (Wildman–Crippen MR) is 55.9 cm³/mol. The number of benzene rings is 1. The van der Waals surface area contributed by atoms with E-state index in [-0.39, 0.29) is 6.04 Å². The predicted octanol–water partition coefficient (Wildman–Crippen LogP) is 2.80. The van der Waals surface area contributed by atoms with Crippen molar-refractivity contribution in [3.63, 3.8) is 0 Å². The second-order valence-electron chi connectivity index (χ2n) is 3.33. The minimum Gasteiger partial charge on any atom is -0.380 e. The van der Waals surface area contributed by atoms with Crippen LogP contribution in [0.4, 0.5) is 14.5 Å². The van der Waals surface area contributed by atoms with Gasteiger partial charge in [0, 0.05) is 24.4 Å². The summed E-state index contributed by atoms with van der Waals surface area (Å²) < 4.78 is 30.6. The standard InChI is InChI=1S/C11H15F2NO/c1-3-15-7-8(2)14-9-4-5-10(12)11(13)6-9/h4-6,8,14H,3,7H2,1-2H3. The van der Waals surface area contributed by atoms with Crippen LogP contribution in [0.25, 0.3) is 0 Å². The van der Waals surface area contributed by atoms with Crippen molar-refractivity contribution in [1.29, 1.82) is 0 Å². The maximum atomic E-state index is 12.8. The lowest BCUT2D eigenvalue weighted by atomic mass is 10.2. The summed E-state index contributed by atoms with van der Waals surface area (Å²) in [6.45, 7) is 5.00. The Hall–Kier alpha value is -1.16. The Labute approximate surface area is 88.3 Å².